The van der Waals surface area contributed by atoms with Gasteiger partial charge in [-0.25, -0.2) is 13.4 Å². The predicted octanol–water partition coefficient (Wildman–Crippen LogP) is 3.50. The second-order valence-electron chi connectivity index (χ2n) is 7.64. The summed E-state index contributed by atoms with van der Waals surface area (Å²) in [4.78, 5) is 4.16. The quantitative estimate of drug-likeness (QED) is 0.346. The maximum atomic E-state index is 13.1. The number of rotatable bonds is 9. The van der Waals surface area contributed by atoms with Gasteiger partial charge in [-0.3, -0.25) is 4.57 Å². The number of nitrogens with zero attached hydrogens (tertiary/aromatic N) is 5. The van der Waals surface area contributed by atoms with Gasteiger partial charge in [0, 0.05) is 12.1 Å². The second kappa shape index (κ2) is 9.86. The van der Waals surface area contributed by atoms with Gasteiger partial charge < -0.3 is 14.0 Å². The summed E-state index contributed by atoms with van der Waals surface area (Å²) in [6.45, 7) is 0. The fourth-order valence-corrected chi connectivity index (χ4v) is 5.03. The number of imidazole rings is 1. The minimum absolute atomic E-state index is 0.0500. The predicted molar refractivity (Wildman–Crippen MR) is 129 cm³/mol. The van der Waals surface area contributed by atoms with Crippen molar-refractivity contribution in [2.45, 2.75) is 12.2 Å². The van der Waals surface area contributed by atoms with E-state index in [1.54, 1.807) is 52.0 Å². The Morgan fingerprint density at radius 2 is 1.68 bits per heavy atom. The van der Waals surface area contributed by atoms with Gasteiger partial charge >= 0.3 is 0 Å². The summed E-state index contributed by atoms with van der Waals surface area (Å²) in [5.41, 5.74) is 2.05. The topological polar surface area (TPSA) is 101 Å². The van der Waals surface area contributed by atoms with Crippen molar-refractivity contribution < 1.29 is 17.9 Å². The molecule has 4 aromatic rings. The van der Waals surface area contributed by atoms with Gasteiger partial charge in [0.25, 0.3) is 0 Å². The Morgan fingerprint density at radius 3 is 2.26 bits per heavy atom. The van der Waals surface area contributed by atoms with E-state index in [4.69, 9.17) is 21.1 Å². The summed E-state index contributed by atoms with van der Waals surface area (Å²) >= 11 is 5.93. The van der Waals surface area contributed by atoms with E-state index >= 15 is 0 Å². The van der Waals surface area contributed by atoms with Crippen molar-refractivity contribution in [2.24, 2.45) is 7.05 Å². The summed E-state index contributed by atoms with van der Waals surface area (Å²) in [6, 6.07) is 12.5. The zero-order valence-electron chi connectivity index (χ0n) is 19.0. The lowest BCUT2D eigenvalue weighted by Gasteiger charge is -2.17. The molecule has 0 unspecified atom stereocenters. The van der Waals surface area contributed by atoms with Crippen LogP contribution in [0.4, 0.5) is 0 Å². The summed E-state index contributed by atoms with van der Waals surface area (Å²) < 4.78 is 40.8. The van der Waals surface area contributed by atoms with Gasteiger partial charge in [0.05, 0.1) is 32.5 Å². The van der Waals surface area contributed by atoms with Gasteiger partial charge in [0.15, 0.2) is 21.5 Å². The minimum atomic E-state index is -3.54. The number of hydrogen-bond donors (Lipinski definition) is 0. The molecule has 2 aromatic carbocycles. The van der Waals surface area contributed by atoms with Crippen LogP contribution in [0.5, 0.6) is 11.5 Å². The van der Waals surface area contributed by atoms with Gasteiger partial charge in [0.2, 0.25) is 0 Å². The standard InChI is InChI=1S/C23H24ClN5O4S/c1-28-15-25-13-18(28)23-27-26-21(29(23)22-19(32-2)5-4-6-20(22)33-3)14-34(30,31)12-11-16-7-9-17(24)10-8-16/h4-10,13,15H,11-12,14H2,1-3H3. The van der Waals surface area contributed by atoms with Crippen LogP contribution in [0.2, 0.25) is 5.02 Å². The number of ether oxygens (including phenoxy) is 2. The van der Waals surface area contributed by atoms with E-state index in [1.807, 2.05) is 19.2 Å². The van der Waals surface area contributed by atoms with Crippen LogP contribution in [0.25, 0.3) is 17.2 Å². The van der Waals surface area contributed by atoms with Crippen LogP contribution in [0.3, 0.4) is 0 Å². The lowest BCUT2D eigenvalue weighted by Crippen LogP contribution is -2.16. The van der Waals surface area contributed by atoms with Crippen LogP contribution >= 0.6 is 11.6 Å². The van der Waals surface area contributed by atoms with E-state index in [2.05, 4.69) is 15.2 Å². The number of halogens is 1. The molecule has 2 heterocycles. The molecule has 4 rings (SSSR count). The van der Waals surface area contributed by atoms with Crippen molar-refractivity contribution in [3.8, 4) is 28.7 Å². The van der Waals surface area contributed by atoms with Crippen molar-refractivity contribution in [3.05, 3.63) is 71.4 Å². The van der Waals surface area contributed by atoms with Crippen LogP contribution in [0, 0.1) is 0 Å². The number of hydrogen-bond acceptors (Lipinski definition) is 7. The Hall–Kier alpha value is -3.37. The first-order valence-corrected chi connectivity index (χ1v) is 12.6. The largest absolute Gasteiger partial charge is 0.494 e. The summed E-state index contributed by atoms with van der Waals surface area (Å²) in [5, 5.41) is 9.18. The summed E-state index contributed by atoms with van der Waals surface area (Å²) in [5.74, 6) is 1.28. The second-order valence-corrected chi connectivity index (χ2v) is 10.3. The number of aryl methyl sites for hydroxylation is 2. The maximum absolute atomic E-state index is 13.1. The van der Waals surface area contributed by atoms with Crippen LogP contribution in [-0.4, -0.2) is 52.7 Å². The molecule has 11 heteroatoms. The van der Waals surface area contributed by atoms with Crippen LogP contribution < -0.4 is 9.47 Å². The highest BCUT2D eigenvalue weighted by atomic mass is 35.5. The van der Waals surface area contributed by atoms with Crippen LogP contribution in [-0.2, 0) is 29.1 Å². The first-order valence-electron chi connectivity index (χ1n) is 10.4. The number of methoxy groups -OCH3 is 2. The first kappa shape index (κ1) is 23.8. The van der Waals surface area contributed by atoms with Gasteiger partial charge in [-0.1, -0.05) is 29.8 Å². The first-order chi connectivity index (χ1) is 16.3. The highest BCUT2D eigenvalue weighted by Gasteiger charge is 2.26. The molecule has 0 aliphatic heterocycles. The molecule has 0 saturated carbocycles. The molecule has 0 N–H and O–H groups in total. The van der Waals surface area contributed by atoms with Gasteiger partial charge in [-0.05, 0) is 36.2 Å². The van der Waals surface area contributed by atoms with E-state index in [-0.39, 0.29) is 17.3 Å². The molecule has 0 fully saturated rings. The molecule has 0 spiro atoms. The zero-order chi connectivity index (χ0) is 24.3. The average molecular weight is 502 g/mol. The Balaban J connectivity index is 1.76. The number of para-hydroxylation sites is 1. The smallest absolute Gasteiger partial charge is 0.187 e. The molecule has 0 saturated heterocycles. The highest BCUT2D eigenvalue weighted by Crippen LogP contribution is 2.36. The molecule has 0 radical (unpaired) electrons. The van der Waals surface area contributed by atoms with Crippen molar-refractivity contribution >= 4 is 21.4 Å². The Bertz CT molecular complexity index is 1370. The van der Waals surface area contributed by atoms with E-state index in [9.17, 15) is 8.42 Å². The Labute approximate surface area is 202 Å². The van der Waals surface area contributed by atoms with Crippen molar-refractivity contribution in [2.75, 3.05) is 20.0 Å². The molecule has 0 aliphatic rings. The third-order valence-corrected chi connectivity index (χ3v) is 7.14. The summed E-state index contributed by atoms with van der Waals surface area (Å²) in [7, 11) is 1.36. The van der Waals surface area contributed by atoms with Crippen LogP contribution in [0.15, 0.2) is 55.0 Å². The fourth-order valence-electron chi connectivity index (χ4n) is 3.63. The SMILES string of the molecule is COc1cccc(OC)c1-n1c(CS(=O)(=O)CCc2ccc(Cl)cc2)nnc1-c1cncn1C. The molecule has 0 amide bonds. The molecular formula is C23H24ClN5O4S. The summed E-state index contributed by atoms with van der Waals surface area (Å²) in [6.07, 6.45) is 3.64. The molecule has 0 aliphatic carbocycles. The molecule has 0 atom stereocenters. The molecule has 9 nitrogen and oxygen atoms in total. The van der Waals surface area contributed by atoms with E-state index in [1.165, 1.54) is 14.2 Å². The highest BCUT2D eigenvalue weighted by molar-refractivity contribution is 7.90. The van der Waals surface area contributed by atoms with E-state index < -0.39 is 9.84 Å². The zero-order valence-corrected chi connectivity index (χ0v) is 20.5. The molecular weight excluding hydrogens is 478 g/mol. The van der Waals surface area contributed by atoms with E-state index in [0.29, 0.717) is 40.1 Å². The van der Waals surface area contributed by atoms with Gasteiger partial charge in [-0.15, -0.1) is 10.2 Å². The average Bonchev–Trinajstić information content (AvgIpc) is 3.43. The van der Waals surface area contributed by atoms with Crippen molar-refractivity contribution in [3.63, 3.8) is 0 Å². The molecule has 178 valence electrons. The Kier molecular flexibility index (Phi) is 6.90. The van der Waals surface area contributed by atoms with Gasteiger partial charge in [-0.2, -0.15) is 0 Å². The van der Waals surface area contributed by atoms with Crippen molar-refractivity contribution in [1.82, 2.24) is 24.3 Å². The lowest BCUT2D eigenvalue weighted by atomic mass is 10.2. The number of sulfone groups is 1. The molecule has 0 bridgehead atoms. The fraction of sp³-hybridized carbons (Fsp3) is 0.261. The van der Waals surface area contributed by atoms with E-state index in [0.717, 1.165) is 5.56 Å². The minimum Gasteiger partial charge on any atom is -0.494 e. The van der Waals surface area contributed by atoms with Gasteiger partial charge in [0.1, 0.15) is 28.6 Å². The molecule has 34 heavy (non-hydrogen) atoms. The normalized spacial score (nSPS) is 11.5. The monoisotopic (exact) mass is 501 g/mol. The van der Waals surface area contributed by atoms with Crippen molar-refractivity contribution in [1.29, 1.82) is 0 Å². The maximum Gasteiger partial charge on any atom is 0.187 e. The molecule has 2 aromatic heterocycles. The third kappa shape index (κ3) is 4.92. The Morgan fingerprint density at radius 1 is 1.00 bits per heavy atom. The number of benzene rings is 2. The third-order valence-electron chi connectivity index (χ3n) is 5.37. The lowest BCUT2D eigenvalue weighted by molar-refractivity contribution is 0.390. The van der Waals surface area contributed by atoms with Crippen LogP contribution in [0.1, 0.15) is 11.4 Å². The number of aromatic nitrogens is 5.